The third-order valence-electron chi connectivity index (χ3n) is 2.01. The minimum Gasteiger partial charge on any atom is -0.491 e. The summed E-state index contributed by atoms with van der Waals surface area (Å²) >= 11 is 0. The van der Waals surface area contributed by atoms with Crippen LogP contribution in [0, 0.1) is 0 Å². The lowest BCUT2D eigenvalue weighted by atomic mass is 10.3. The third kappa shape index (κ3) is 4.86. The Balaban J connectivity index is 2.96. The minimum atomic E-state index is 0.105. The van der Waals surface area contributed by atoms with Crippen LogP contribution in [0.2, 0.25) is 0 Å². The predicted octanol–water partition coefficient (Wildman–Crippen LogP) is 4.05. The van der Waals surface area contributed by atoms with Gasteiger partial charge in [0.05, 0.1) is 18.3 Å². The van der Waals surface area contributed by atoms with Gasteiger partial charge in [-0.3, -0.25) is 0 Å². The standard InChI is InChI=1S/C15H24O3/c1-10(2)16-13-7-8-14(17-11(3)4)15(9-13)18-12(5)6/h7-12H,1-6H3. The Hall–Kier alpha value is -1.38. The van der Waals surface area contributed by atoms with Crippen molar-refractivity contribution in [2.24, 2.45) is 0 Å². The maximum atomic E-state index is 5.76. The van der Waals surface area contributed by atoms with Crippen LogP contribution in [0.3, 0.4) is 0 Å². The van der Waals surface area contributed by atoms with Crippen molar-refractivity contribution in [3.8, 4) is 17.2 Å². The Morgan fingerprint density at radius 2 is 1.17 bits per heavy atom. The molecule has 0 aromatic heterocycles. The van der Waals surface area contributed by atoms with Gasteiger partial charge in [-0.05, 0) is 53.7 Å². The van der Waals surface area contributed by atoms with Gasteiger partial charge in [-0.2, -0.15) is 0 Å². The molecule has 3 nitrogen and oxygen atoms in total. The van der Waals surface area contributed by atoms with Gasteiger partial charge in [0.15, 0.2) is 11.5 Å². The Labute approximate surface area is 110 Å². The van der Waals surface area contributed by atoms with Gasteiger partial charge in [0.2, 0.25) is 0 Å². The zero-order valence-corrected chi connectivity index (χ0v) is 12.2. The van der Waals surface area contributed by atoms with Gasteiger partial charge in [0, 0.05) is 6.07 Å². The fourth-order valence-corrected chi connectivity index (χ4v) is 1.53. The fourth-order valence-electron chi connectivity index (χ4n) is 1.53. The molecule has 0 aliphatic carbocycles. The molecule has 1 aromatic rings. The largest absolute Gasteiger partial charge is 0.491 e. The number of hydrogen-bond donors (Lipinski definition) is 0. The average molecular weight is 252 g/mol. The molecule has 0 atom stereocenters. The molecular weight excluding hydrogens is 228 g/mol. The van der Waals surface area contributed by atoms with E-state index in [1.165, 1.54) is 0 Å². The van der Waals surface area contributed by atoms with Gasteiger partial charge < -0.3 is 14.2 Å². The van der Waals surface area contributed by atoms with Crippen LogP contribution in [-0.4, -0.2) is 18.3 Å². The lowest BCUT2D eigenvalue weighted by molar-refractivity contribution is 0.195. The second kappa shape index (κ2) is 6.53. The smallest absolute Gasteiger partial charge is 0.165 e. The molecule has 0 unspecified atom stereocenters. The van der Waals surface area contributed by atoms with Crippen molar-refractivity contribution in [2.75, 3.05) is 0 Å². The molecule has 0 bridgehead atoms. The number of benzene rings is 1. The summed E-state index contributed by atoms with van der Waals surface area (Å²) in [5.74, 6) is 2.29. The van der Waals surface area contributed by atoms with Gasteiger partial charge >= 0.3 is 0 Å². The highest BCUT2D eigenvalue weighted by atomic mass is 16.5. The molecule has 3 heteroatoms. The molecule has 1 aromatic carbocycles. The first-order chi connectivity index (χ1) is 8.38. The maximum Gasteiger partial charge on any atom is 0.165 e. The Bertz CT molecular complexity index is 370. The first-order valence-corrected chi connectivity index (χ1v) is 6.52. The van der Waals surface area contributed by atoms with E-state index in [2.05, 4.69) is 0 Å². The summed E-state index contributed by atoms with van der Waals surface area (Å²) in [4.78, 5) is 0. The van der Waals surface area contributed by atoms with Crippen LogP contribution in [-0.2, 0) is 0 Å². The molecule has 18 heavy (non-hydrogen) atoms. The Morgan fingerprint density at radius 1 is 0.667 bits per heavy atom. The normalized spacial score (nSPS) is 11.2. The summed E-state index contributed by atoms with van der Waals surface area (Å²) in [6.45, 7) is 12.0. The van der Waals surface area contributed by atoms with E-state index >= 15 is 0 Å². The van der Waals surface area contributed by atoms with Crippen LogP contribution in [0.4, 0.5) is 0 Å². The van der Waals surface area contributed by atoms with Crippen molar-refractivity contribution >= 4 is 0 Å². The molecule has 0 heterocycles. The van der Waals surface area contributed by atoms with Gasteiger partial charge in [-0.25, -0.2) is 0 Å². The van der Waals surface area contributed by atoms with Gasteiger partial charge in [-0.15, -0.1) is 0 Å². The summed E-state index contributed by atoms with van der Waals surface area (Å²) < 4.78 is 17.1. The second-order valence-corrected chi connectivity index (χ2v) is 5.11. The zero-order chi connectivity index (χ0) is 13.7. The number of ether oxygens (including phenoxy) is 3. The quantitative estimate of drug-likeness (QED) is 0.764. The van der Waals surface area contributed by atoms with Crippen molar-refractivity contribution < 1.29 is 14.2 Å². The van der Waals surface area contributed by atoms with E-state index in [-0.39, 0.29) is 18.3 Å². The fraction of sp³-hybridized carbons (Fsp3) is 0.600. The maximum absolute atomic E-state index is 5.76. The summed E-state index contributed by atoms with van der Waals surface area (Å²) in [6.07, 6.45) is 0.374. The average Bonchev–Trinajstić information content (AvgIpc) is 2.19. The molecule has 0 aliphatic rings. The highest BCUT2D eigenvalue weighted by Gasteiger charge is 2.11. The topological polar surface area (TPSA) is 27.7 Å². The van der Waals surface area contributed by atoms with Crippen LogP contribution in [0.25, 0.3) is 0 Å². The first-order valence-electron chi connectivity index (χ1n) is 6.52. The molecule has 0 fully saturated rings. The molecular formula is C15H24O3. The van der Waals surface area contributed by atoms with Gasteiger partial charge in [0.1, 0.15) is 5.75 Å². The highest BCUT2D eigenvalue weighted by molar-refractivity contribution is 5.45. The van der Waals surface area contributed by atoms with Crippen molar-refractivity contribution in [3.05, 3.63) is 18.2 Å². The van der Waals surface area contributed by atoms with E-state index < -0.39 is 0 Å². The molecule has 0 aliphatic heterocycles. The van der Waals surface area contributed by atoms with Gasteiger partial charge in [0.25, 0.3) is 0 Å². The van der Waals surface area contributed by atoms with Crippen molar-refractivity contribution in [2.45, 2.75) is 59.9 Å². The summed E-state index contributed by atoms with van der Waals surface area (Å²) in [5.41, 5.74) is 0. The van der Waals surface area contributed by atoms with Crippen LogP contribution in [0.15, 0.2) is 18.2 Å². The SMILES string of the molecule is CC(C)Oc1ccc(OC(C)C)c(OC(C)C)c1. The number of rotatable bonds is 6. The molecule has 102 valence electrons. The molecule has 0 saturated heterocycles. The molecule has 0 radical (unpaired) electrons. The van der Waals surface area contributed by atoms with Gasteiger partial charge in [-0.1, -0.05) is 0 Å². The van der Waals surface area contributed by atoms with E-state index in [9.17, 15) is 0 Å². The van der Waals surface area contributed by atoms with Crippen molar-refractivity contribution in [1.29, 1.82) is 0 Å². The van der Waals surface area contributed by atoms with Crippen molar-refractivity contribution in [1.82, 2.24) is 0 Å². The molecule has 1 rings (SSSR count). The summed E-state index contributed by atoms with van der Waals surface area (Å²) in [5, 5.41) is 0. The Kier molecular flexibility index (Phi) is 5.32. The second-order valence-electron chi connectivity index (χ2n) is 5.11. The summed E-state index contributed by atoms with van der Waals surface area (Å²) in [6, 6.07) is 5.69. The zero-order valence-electron chi connectivity index (χ0n) is 12.2. The van der Waals surface area contributed by atoms with Crippen LogP contribution >= 0.6 is 0 Å². The van der Waals surface area contributed by atoms with E-state index in [1.54, 1.807) is 0 Å². The predicted molar refractivity (Wildman–Crippen MR) is 73.7 cm³/mol. The Morgan fingerprint density at radius 3 is 1.67 bits per heavy atom. The third-order valence-corrected chi connectivity index (χ3v) is 2.01. The van der Waals surface area contributed by atoms with E-state index in [4.69, 9.17) is 14.2 Å². The number of hydrogen-bond acceptors (Lipinski definition) is 3. The van der Waals surface area contributed by atoms with Crippen LogP contribution in [0.5, 0.6) is 17.2 Å². The molecule has 0 amide bonds. The highest BCUT2D eigenvalue weighted by Crippen LogP contribution is 2.33. The van der Waals surface area contributed by atoms with Crippen LogP contribution in [0.1, 0.15) is 41.5 Å². The molecule has 0 saturated carbocycles. The van der Waals surface area contributed by atoms with E-state index in [0.717, 1.165) is 17.2 Å². The first kappa shape index (κ1) is 14.7. The summed E-state index contributed by atoms with van der Waals surface area (Å²) in [7, 11) is 0. The van der Waals surface area contributed by atoms with E-state index in [0.29, 0.717) is 0 Å². The lowest BCUT2D eigenvalue weighted by Crippen LogP contribution is -2.11. The monoisotopic (exact) mass is 252 g/mol. The van der Waals surface area contributed by atoms with Crippen LogP contribution < -0.4 is 14.2 Å². The van der Waals surface area contributed by atoms with Crippen molar-refractivity contribution in [3.63, 3.8) is 0 Å². The van der Waals surface area contributed by atoms with E-state index in [1.807, 2.05) is 59.7 Å². The molecule has 0 N–H and O–H groups in total. The minimum absolute atomic E-state index is 0.105. The lowest BCUT2D eigenvalue weighted by Gasteiger charge is -2.18. The molecule has 0 spiro atoms.